The third-order valence-electron chi connectivity index (χ3n) is 1.61. The van der Waals surface area contributed by atoms with E-state index >= 15 is 0 Å². The molecule has 0 heterocycles. The normalized spacial score (nSPS) is 12.9. The van der Waals surface area contributed by atoms with Gasteiger partial charge in [0.05, 0.1) is 6.61 Å². The van der Waals surface area contributed by atoms with Gasteiger partial charge in [-0.25, -0.2) is 0 Å². The monoisotopic (exact) mass is 174 g/mol. The molecule has 0 saturated carbocycles. The van der Waals surface area contributed by atoms with Gasteiger partial charge in [-0.15, -0.1) is 6.58 Å². The van der Waals surface area contributed by atoms with E-state index in [4.69, 9.17) is 4.74 Å². The zero-order valence-corrected chi connectivity index (χ0v) is 8.15. The quantitative estimate of drug-likeness (QED) is 0.354. The van der Waals surface area contributed by atoms with Gasteiger partial charge in [0.1, 0.15) is 0 Å². The molecule has 0 aromatic heterocycles. The average molecular weight is 174 g/mol. The van der Waals surface area contributed by atoms with Gasteiger partial charge in [0.15, 0.2) is 0 Å². The average Bonchev–Trinajstić information content (AvgIpc) is 1.99. The molecule has 1 nitrogen and oxygen atoms in total. The molecule has 0 aromatic rings. The van der Waals surface area contributed by atoms with Crippen LogP contribution in [0.1, 0.15) is 19.8 Å². The second-order valence-corrected chi connectivity index (χ2v) is 3.22. The summed E-state index contributed by atoms with van der Waals surface area (Å²) in [6, 6.07) is 0. The molecule has 1 atom stereocenters. The van der Waals surface area contributed by atoms with Gasteiger partial charge in [0.2, 0.25) is 0 Å². The Morgan fingerprint density at radius 1 is 1.55 bits per heavy atom. The Morgan fingerprint density at radius 3 is 2.82 bits per heavy atom. The molecule has 2 heteroatoms. The Morgan fingerprint density at radius 2 is 2.27 bits per heavy atom. The fraction of sp³-hybridized carbons (Fsp3) is 0.778. The second-order valence-electron chi connectivity index (χ2n) is 2.77. The smallest absolute Gasteiger partial charge is 0.0644 e. The lowest BCUT2D eigenvalue weighted by Gasteiger charge is -2.08. The Balaban J connectivity index is 3.03. The highest BCUT2D eigenvalue weighted by molar-refractivity contribution is 7.80. The molecule has 0 rings (SSSR count). The van der Waals surface area contributed by atoms with E-state index in [0.29, 0.717) is 6.61 Å². The molecule has 0 spiro atoms. The van der Waals surface area contributed by atoms with E-state index in [0.717, 1.165) is 24.7 Å². The van der Waals surface area contributed by atoms with E-state index in [1.54, 1.807) is 6.08 Å². The van der Waals surface area contributed by atoms with Crippen molar-refractivity contribution >= 4 is 12.6 Å². The van der Waals surface area contributed by atoms with Crippen LogP contribution in [0.25, 0.3) is 0 Å². The van der Waals surface area contributed by atoms with E-state index in [-0.39, 0.29) is 0 Å². The summed E-state index contributed by atoms with van der Waals surface area (Å²) in [5.74, 6) is 1.71. The highest BCUT2D eigenvalue weighted by Crippen LogP contribution is 2.07. The lowest BCUT2D eigenvalue weighted by Crippen LogP contribution is -2.02. The van der Waals surface area contributed by atoms with Crippen molar-refractivity contribution in [3.63, 3.8) is 0 Å². The molecule has 0 aliphatic rings. The Kier molecular flexibility index (Phi) is 8.19. The van der Waals surface area contributed by atoms with Crippen LogP contribution in [0.2, 0.25) is 0 Å². The number of hydrogen-bond donors (Lipinski definition) is 1. The molecule has 0 aromatic carbocycles. The highest BCUT2D eigenvalue weighted by atomic mass is 32.1. The van der Waals surface area contributed by atoms with E-state index in [1.165, 1.54) is 6.42 Å². The van der Waals surface area contributed by atoms with Crippen LogP contribution < -0.4 is 0 Å². The van der Waals surface area contributed by atoms with Crippen LogP contribution in [0.3, 0.4) is 0 Å². The van der Waals surface area contributed by atoms with E-state index < -0.39 is 0 Å². The molecule has 0 amide bonds. The van der Waals surface area contributed by atoms with Crippen LogP contribution >= 0.6 is 12.6 Å². The summed E-state index contributed by atoms with van der Waals surface area (Å²) in [5.41, 5.74) is 0. The first-order chi connectivity index (χ1) is 5.31. The number of thiol groups is 1. The maximum absolute atomic E-state index is 5.26. The standard InChI is InChI=1S/C9H18OS/c1-3-6-10-7-4-9(2)5-8-11/h3,9,11H,1,4-8H2,2H3. The summed E-state index contributed by atoms with van der Waals surface area (Å²) in [5, 5.41) is 0. The first-order valence-corrected chi connectivity index (χ1v) is 4.74. The van der Waals surface area contributed by atoms with Crippen molar-refractivity contribution in [1.29, 1.82) is 0 Å². The summed E-state index contributed by atoms with van der Waals surface area (Å²) in [7, 11) is 0. The van der Waals surface area contributed by atoms with Gasteiger partial charge in [-0.1, -0.05) is 13.0 Å². The molecule has 0 saturated heterocycles. The Bertz CT molecular complexity index is 93.6. The van der Waals surface area contributed by atoms with Gasteiger partial charge >= 0.3 is 0 Å². The van der Waals surface area contributed by atoms with Crippen LogP contribution in [-0.4, -0.2) is 19.0 Å². The molecular weight excluding hydrogens is 156 g/mol. The van der Waals surface area contributed by atoms with Gasteiger partial charge in [0.25, 0.3) is 0 Å². The molecular formula is C9H18OS. The van der Waals surface area contributed by atoms with E-state index in [1.807, 2.05) is 0 Å². The second kappa shape index (κ2) is 8.15. The number of ether oxygens (including phenoxy) is 1. The SMILES string of the molecule is C=CCOCCC(C)CCS. The fourth-order valence-electron chi connectivity index (χ4n) is 0.816. The van der Waals surface area contributed by atoms with Gasteiger partial charge in [-0.05, 0) is 24.5 Å². The van der Waals surface area contributed by atoms with Crippen molar-refractivity contribution < 1.29 is 4.74 Å². The van der Waals surface area contributed by atoms with Crippen LogP contribution in [0.4, 0.5) is 0 Å². The molecule has 0 bridgehead atoms. The number of hydrogen-bond acceptors (Lipinski definition) is 2. The molecule has 0 N–H and O–H groups in total. The van der Waals surface area contributed by atoms with Crippen LogP contribution in [0.15, 0.2) is 12.7 Å². The maximum Gasteiger partial charge on any atom is 0.0644 e. The molecule has 0 aliphatic carbocycles. The molecule has 11 heavy (non-hydrogen) atoms. The van der Waals surface area contributed by atoms with Gasteiger partial charge in [-0.2, -0.15) is 12.6 Å². The van der Waals surface area contributed by atoms with Crippen molar-refractivity contribution in [1.82, 2.24) is 0 Å². The van der Waals surface area contributed by atoms with E-state index in [9.17, 15) is 0 Å². The lowest BCUT2D eigenvalue weighted by atomic mass is 10.1. The molecule has 0 fully saturated rings. The molecule has 1 unspecified atom stereocenters. The summed E-state index contributed by atoms with van der Waals surface area (Å²) in [6.45, 7) is 7.33. The van der Waals surface area contributed by atoms with Gasteiger partial charge < -0.3 is 4.74 Å². The van der Waals surface area contributed by atoms with Crippen LogP contribution in [0.5, 0.6) is 0 Å². The minimum absolute atomic E-state index is 0.674. The summed E-state index contributed by atoms with van der Waals surface area (Å²) < 4.78 is 5.26. The van der Waals surface area contributed by atoms with Crippen molar-refractivity contribution in [3.05, 3.63) is 12.7 Å². The first-order valence-electron chi connectivity index (χ1n) is 4.10. The lowest BCUT2D eigenvalue weighted by molar-refractivity contribution is 0.147. The van der Waals surface area contributed by atoms with Crippen molar-refractivity contribution in [2.24, 2.45) is 5.92 Å². The zero-order chi connectivity index (χ0) is 8.53. The zero-order valence-electron chi connectivity index (χ0n) is 7.25. The third kappa shape index (κ3) is 7.95. The van der Waals surface area contributed by atoms with Crippen LogP contribution in [-0.2, 0) is 4.74 Å². The molecule has 0 radical (unpaired) electrons. The van der Waals surface area contributed by atoms with Gasteiger partial charge in [0, 0.05) is 6.61 Å². The van der Waals surface area contributed by atoms with Crippen molar-refractivity contribution in [3.8, 4) is 0 Å². The van der Waals surface area contributed by atoms with Crippen LogP contribution in [0, 0.1) is 5.92 Å². The predicted octanol–water partition coefficient (Wildman–Crippen LogP) is 2.54. The fourth-order valence-corrected chi connectivity index (χ4v) is 1.26. The number of rotatable bonds is 7. The predicted molar refractivity (Wildman–Crippen MR) is 53.3 cm³/mol. The minimum Gasteiger partial charge on any atom is -0.377 e. The molecule has 66 valence electrons. The maximum atomic E-state index is 5.26. The Hall–Kier alpha value is 0.0500. The summed E-state index contributed by atoms with van der Waals surface area (Å²) >= 11 is 4.17. The Labute approximate surface area is 75.2 Å². The summed E-state index contributed by atoms with van der Waals surface area (Å²) in [6.07, 6.45) is 4.10. The minimum atomic E-state index is 0.674. The summed E-state index contributed by atoms with van der Waals surface area (Å²) in [4.78, 5) is 0. The van der Waals surface area contributed by atoms with Crippen molar-refractivity contribution in [2.45, 2.75) is 19.8 Å². The van der Waals surface area contributed by atoms with Gasteiger partial charge in [-0.3, -0.25) is 0 Å². The third-order valence-corrected chi connectivity index (χ3v) is 1.87. The van der Waals surface area contributed by atoms with Crippen molar-refractivity contribution in [2.75, 3.05) is 19.0 Å². The molecule has 0 aliphatic heterocycles. The largest absolute Gasteiger partial charge is 0.377 e. The van der Waals surface area contributed by atoms with E-state index in [2.05, 4.69) is 26.1 Å². The first kappa shape index (κ1) is 11.1. The topological polar surface area (TPSA) is 9.23 Å². The highest BCUT2D eigenvalue weighted by Gasteiger charge is 1.99.